The number of hydrogen-bond donors (Lipinski definition) is 2. The summed E-state index contributed by atoms with van der Waals surface area (Å²) in [6, 6.07) is 22.3. The first-order chi connectivity index (χ1) is 18.1. The van der Waals surface area contributed by atoms with Gasteiger partial charge in [0.2, 0.25) is 0 Å². The minimum atomic E-state index is -0.395. The molecule has 0 aliphatic carbocycles. The number of benzene rings is 3. The summed E-state index contributed by atoms with van der Waals surface area (Å²) in [5, 5.41) is 18.5. The van der Waals surface area contributed by atoms with Gasteiger partial charge in [0.05, 0.1) is 12.6 Å². The van der Waals surface area contributed by atoms with Crippen LogP contribution < -0.4 is 4.74 Å². The van der Waals surface area contributed by atoms with Gasteiger partial charge in [-0.05, 0) is 47.9 Å². The first-order valence-electron chi connectivity index (χ1n) is 12.7. The summed E-state index contributed by atoms with van der Waals surface area (Å²) in [6.07, 6.45) is 4.60. The van der Waals surface area contributed by atoms with Gasteiger partial charge in [-0.25, -0.2) is 0 Å². The molecule has 5 rings (SSSR count). The highest BCUT2D eigenvalue weighted by atomic mass is 35.5. The molecule has 6 nitrogen and oxygen atoms in total. The quantitative estimate of drug-likeness (QED) is 0.220. The van der Waals surface area contributed by atoms with Gasteiger partial charge in [-0.2, -0.15) is 5.10 Å². The van der Waals surface area contributed by atoms with E-state index in [2.05, 4.69) is 17.1 Å². The highest BCUT2D eigenvalue weighted by molar-refractivity contribution is 6.31. The second kappa shape index (κ2) is 11.1. The topological polar surface area (TPSA) is 78.5 Å². The number of amides is 1. The lowest BCUT2D eigenvalue weighted by atomic mass is 9.95. The predicted octanol–water partition coefficient (Wildman–Crippen LogP) is 7.14. The molecule has 1 unspecified atom stereocenters. The van der Waals surface area contributed by atoms with E-state index < -0.39 is 6.04 Å². The number of aromatic nitrogens is 2. The fraction of sp³-hybridized carbons (Fsp3) is 0.267. The molecule has 1 aliphatic rings. The maximum atomic E-state index is 13.6. The molecule has 2 heterocycles. The molecule has 1 aliphatic heterocycles. The summed E-state index contributed by atoms with van der Waals surface area (Å²) in [5.41, 5.74) is 4.11. The smallest absolute Gasteiger partial charge is 0.273 e. The van der Waals surface area contributed by atoms with Crippen molar-refractivity contribution in [3.8, 4) is 22.8 Å². The number of aromatic amines is 1. The molecular formula is C30H30ClN3O3. The minimum absolute atomic E-state index is 0.0539. The van der Waals surface area contributed by atoms with Crippen molar-refractivity contribution >= 4 is 17.5 Å². The lowest BCUT2D eigenvalue weighted by Gasteiger charge is -2.27. The number of aromatic hydroxyl groups is 1. The predicted molar refractivity (Wildman–Crippen MR) is 145 cm³/mol. The highest BCUT2D eigenvalue weighted by Gasteiger charge is 2.42. The normalized spacial score (nSPS) is 14.7. The number of H-pyrrole nitrogens is 1. The molecule has 0 spiro atoms. The van der Waals surface area contributed by atoms with Crippen LogP contribution in [0.1, 0.15) is 65.8 Å². The van der Waals surface area contributed by atoms with Gasteiger partial charge in [-0.3, -0.25) is 9.89 Å². The van der Waals surface area contributed by atoms with E-state index in [4.69, 9.17) is 16.3 Å². The van der Waals surface area contributed by atoms with Gasteiger partial charge in [0, 0.05) is 22.7 Å². The second-order valence-corrected chi connectivity index (χ2v) is 9.76. The second-order valence-electron chi connectivity index (χ2n) is 9.32. The van der Waals surface area contributed by atoms with Crippen molar-refractivity contribution in [1.82, 2.24) is 15.1 Å². The molecule has 7 heteroatoms. The van der Waals surface area contributed by atoms with Gasteiger partial charge in [-0.15, -0.1) is 0 Å². The van der Waals surface area contributed by atoms with Crippen LogP contribution in [0.5, 0.6) is 11.5 Å². The van der Waals surface area contributed by atoms with Gasteiger partial charge in [0.1, 0.15) is 22.9 Å². The Morgan fingerprint density at radius 3 is 2.57 bits per heavy atom. The van der Waals surface area contributed by atoms with Crippen LogP contribution in [-0.4, -0.2) is 32.7 Å². The number of phenolic OH excluding ortho intramolecular Hbond substituents is 1. The number of unbranched alkanes of at least 4 members (excludes halogenated alkanes) is 3. The highest BCUT2D eigenvalue weighted by Crippen LogP contribution is 2.45. The Morgan fingerprint density at radius 1 is 1.03 bits per heavy atom. The molecule has 3 aromatic carbocycles. The molecule has 0 radical (unpaired) electrons. The van der Waals surface area contributed by atoms with E-state index in [1.54, 1.807) is 18.2 Å². The van der Waals surface area contributed by atoms with E-state index >= 15 is 0 Å². The Hall–Kier alpha value is -3.77. The first kappa shape index (κ1) is 24.9. The number of halogens is 1. The Kier molecular flexibility index (Phi) is 7.47. The number of phenols is 1. The lowest BCUT2D eigenvalue weighted by Crippen LogP contribution is -2.29. The Labute approximate surface area is 221 Å². The molecule has 4 aromatic rings. The van der Waals surface area contributed by atoms with Crippen molar-refractivity contribution in [1.29, 1.82) is 0 Å². The largest absolute Gasteiger partial charge is 0.507 e. The van der Waals surface area contributed by atoms with Crippen LogP contribution >= 0.6 is 11.6 Å². The van der Waals surface area contributed by atoms with Gasteiger partial charge >= 0.3 is 0 Å². The van der Waals surface area contributed by atoms with Crippen molar-refractivity contribution in [3.63, 3.8) is 0 Å². The van der Waals surface area contributed by atoms with Crippen LogP contribution in [-0.2, 0) is 6.54 Å². The molecule has 2 N–H and O–H groups in total. The zero-order chi connectivity index (χ0) is 25.8. The molecule has 190 valence electrons. The monoisotopic (exact) mass is 515 g/mol. The zero-order valence-electron chi connectivity index (χ0n) is 20.8. The van der Waals surface area contributed by atoms with Gasteiger partial charge in [0.25, 0.3) is 5.91 Å². The molecule has 0 bridgehead atoms. The molecule has 1 amide bonds. The third-order valence-corrected chi connectivity index (χ3v) is 6.97. The van der Waals surface area contributed by atoms with E-state index in [1.165, 1.54) is 12.8 Å². The van der Waals surface area contributed by atoms with Crippen molar-refractivity contribution in [3.05, 3.63) is 100 Å². The number of nitrogens with one attached hydrogen (secondary N) is 1. The van der Waals surface area contributed by atoms with E-state index in [0.29, 0.717) is 35.1 Å². The Balaban J connectivity index is 1.50. The summed E-state index contributed by atoms with van der Waals surface area (Å²) >= 11 is 6.25. The first-order valence-corrected chi connectivity index (χ1v) is 13.1. The Bertz CT molecular complexity index is 1370. The Morgan fingerprint density at radius 2 is 1.81 bits per heavy atom. The van der Waals surface area contributed by atoms with Crippen LogP contribution in [0.15, 0.2) is 72.8 Å². The number of rotatable bonds is 10. The standard InChI is InChI=1S/C30H30ClN3O3/c1-2-3-4-8-17-37-23-14-11-21(12-15-23)29-26-27(24-18-22(31)13-16-25(24)35)32-33-28(26)30(36)34(29)19-20-9-6-5-7-10-20/h5-7,9-16,18,29,35H,2-4,8,17,19H2,1H3,(H,32,33). The maximum absolute atomic E-state index is 13.6. The molecule has 1 aromatic heterocycles. The van der Waals surface area contributed by atoms with Crippen LogP contribution in [0.25, 0.3) is 11.3 Å². The molecule has 0 fully saturated rings. The van der Waals surface area contributed by atoms with Crippen molar-refractivity contribution < 1.29 is 14.6 Å². The average molecular weight is 516 g/mol. The van der Waals surface area contributed by atoms with Gasteiger partial charge in [0.15, 0.2) is 0 Å². The average Bonchev–Trinajstić information content (AvgIpc) is 3.45. The third-order valence-electron chi connectivity index (χ3n) is 6.74. The molecule has 0 saturated heterocycles. The fourth-order valence-electron chi connectivity index (χ4n) is 4.85. The molecule has 37 heavy (non-hydrogen) atoms. The van der Waals surface area contributed by atoms with E-state index in [9.17, 15) is 9.90 Å². The third kappa shape index (κ3) is 5.20. The van der Waals surface area contributed by atoms with E-state index in [-0.39, 0.29) is 11.7 Å². The number of ether oxygens (including phenoxy) is 1. The zero-order valence-corrected chi connectivity index (χ0v) is 21.5. The number of carbonyl (C=O) groups is 1. The van der Waals surface area contributed by atoms with Crippen molar-refractivity contribution in [2.24, 2.45) is 0 Å². The summed E-state index contributed by atoms with van der Waals surface area (Å²) in [7, 11) is 0. The van der Waals surface area contributed by atoms with Crippen LogP contribution in [0.4, 0.5) is 0 Å². The SMILES string of the molecule is CCCCCCOc1ccc(C2c3c(-c4cc(Cl)ccc4O)n[nH]c3C(=O)N2Cc2ccccc2)cc1. The molecular weight excluding hydrogens is 486 g/mol. The van der Waals surface area contributed by atoms with Crippen LogP contribution in [0.2, 0.25) is 5.02 Å². The van der Waals surface area contributed by atoms with E-state index in [0.717, 1.165) is 35.3 Å². The number of fused-ring (bicyclic) bond motifs is 1. The van der Waals surface area contributed by atoms with E-state index in [1.807, 2.05) is 59.5 Å². The van der Waals surface area contributed by atoms with Gasteiger partial charge < -0.3 is 14.7 Å². The lowest BCUT2D eigenvalue weighted by molar-refractivity contribution is 0.0730. The van der Waals surface area contributed by atoms with Crippen molar-refractivity contribution in [2.75, 3.05) is 6.61 Å². The van der Waals surface area contributed by atoms with Crippen LogP contribution in [0.3, 0.4) is 0 Å². The van der Waals surface area contributed by atoms with Crippen molar-refractivity contribution in [2.45, 2.75) is 45.2 Å². The summed E-state index contributed by atoms with van der Waals surface area (Å²) in [6.45, 7) is 3.31. The summed E-state index contributed by atoms with van der Waals surface area (Å²) in [4.78, 5) is 15.5. The maximum Gasteiger partial charge on any atom is 0.273 e. The fourth-order valence-corrected chi connectivity index (χ4v) is 5.03. The van der Waals surface area contributed by atoms with Gasteiger partial charge in [-0.1, -0.05) is 80.3 Å². The minimum Gasteiger partial charge on any atom is -0.507 e. The summed E-state index contributed by atoms with van der Waals surface area (Å²) < 4.78 is 5.94. The van der Waals surface area contributed by atoms with Crippen LogP contribution in [0, 0.1) is 0 Å². The summed E-state index contributed by atoms with van der Waals surface area (Å²) in [5.74, 6) is 0.720. The molecule has 1 atom stereocenters. The molecule has 0 saturated carbocycles. The number of hydrogen-bond acceptors (Lipinski definition) is 4. The number of carbonyl (C=O) groups excluding carboxylic acids is 1. The number of nitrogens with zero attached hydrogens (tertiary/aromatic N) is 2.